The molecule has 8 heavy (non-hydrogen) atoms. The molecule has 44 valence electrons. The Morgan fingerprint density at radius 3 is 3.00 bits per heavy atom. The van der Waals surface area contributed by atoms with Gasteiger partial charge in [-0.25, -0.2) is 0 Å². The normalized spacial score (nSPS) is 8.25. The summed E-state index contributed by atoms with van der Waals surface area (Å²) in [5.74, 6) is 5.05. The van der Waals surface area contributed by atoms with Crippen LogP contribution in [0.25, 0.3) is 0 Å². The van der Waals surface area contributed by atoms with E-state index in [-0.39, 0.29) is 6.61 Å². The van der Waals surface area contributed by atoms with Crippen LogP contribution in [0, 0.1) is 11.8 Å². The molecule has 0 rings (SSSR count). The summed E-state index contributed by atoms with van der Waals surface area (Å²) < 4.78 is 0. The summed E-state index contributed by atoms with van der Waals surface area (Å²) >= 11 is 0. The molecule has 0 saturated carbocycles. The fourth-order valence-electron chi connectivity index (χ4n) is 0.230. The molecule has 2 heteroatoms. The zero-order chi connectivity index (χ0) is 6.24. The predicted molar refractivity (Wildman–Crippen MR) is 33.1 cm³/mol. The summed E-state index contributed by atoms with van der Waals surface area (Å²) in [7, 11) is 1.79. The van der Waals surface area contributed by atoms with E-state index in [4.69, 9.17) is 5.11 Å². The van der Waals surface area contributed by atoms with Gasteiger partial charge < -0.3 is 10.4 Å². The van der Waals surface area contributed by atoms with Crippen LogP contribution in [0.3, 0.4) is 0 Å². The van der Waals surface area contributed by atoms with Crippen molar-refractivity contribution >= 4 is 0 Å². The molecular formula is C6H9NO. The van der Waals surface area contributed by atoms with Crippen molar-refractivity contribution in [2.75, 3.05) is 13.7 Å². The number of allylic oxidation sites excluding steroid dienone is 1. The Balaban J connectivity index is 3.26. The molecular weight excluding hydrogens is 102 g/mol. The maximum absolute atomic E-state index is 8.14. The number of hydrogen-bond acceptors (Lipinski definition) is 2. The molecule has 0 aromatic rings. The van der Waals surface area contributed by atoms with Gasteiger partial charge in [-0.2, -0.15) is 0 Å². The van der Waals surface area contributed by atoms with Gasteiger partial charge in [0.05, 0.1) is 0 Å². The molecule has 0 aliphatic heterocycles. The molecule has 2 N–H and O–H groups in total. The quantitative estimate of drug-likeness (QED) is 0.456. The monoisotopic (exact) mass is 111 g/mol. The Morgan fingerprint density at radius 1 is 1.75 bits per heavy atom. The van der Waals surface area contributed by atoms with Crippen molar-refractivity contribution in [2.45, 2.75) is 0 Å². The van der Waals surface area contributed by atoms with E-state index < -0.39 is 0 Å². The minimum Gasteiger partial charge on any atom is -0.393 e. The lowest BCUT2D eigenvalue weighted by atomic mass is 10.5. The van der Waals surface area contributed by atoms with Gasteiger partial charge in [0.25, 0.3) is 0 Å². The Labute approximate surface area is 49.2 Å². The lowest BCUT2D eigenvalue weighted by Gasteiger charge is -1.76. The second-order valence-electron chi connectivity index (χ2n) is 1.10. The van der Waals surface area contributed by atoms with Crippen molar-refractivity contribution in [3.63, 3.8) is 0 Å². The SMILES string of the molecule is CN/C=C/C#CCO. The minimum absolute atomic E-state index is 0.0753. The van der Waals surface area contributed by atoms with Crippen molar-refractivity contribution in [3.8, 4) is 11.8 Å². The molecule has 0 spiro atoms. The highest BCUT2D eigenvalue weighted by Gasteiger charge is 1.57. The van der Waals surface area contributed by atoms with Crippen LogP contribution in [0.2, 0.25) is 0 Å². The molecule has 2 nitrogen and oxygen atoms in total. The highest BCUT2D eigenvalue weighted by molar-refractivity contribution is 5.14. The summed E-state index contributed by atoms with van der Waals surface area (Å²) in [5, 5.41) is 10.9. The van der Waals surface area contributed by atoms with E-state index in [1.54, 1.807) is 19.3 Å². The first-order valence-corrected chi connectivity index (χ1v) is 2.33. The second kappa shape index (κ2) is 6.06. The molecule has 0 unspecified atom stereocenters. The molecule has 0 atom stereocenters. The van der Waals surface area contributed by atoms with Crippen LogP contribution in [-0.4, -0.2) is 18.8 Å². The molecule has 0 amide bonds. The zero-order valence-electron chi connectivity index (χ0n) is 4.81. The topological polar surface area (TPSA) is 32.3 Å². The largest absolute Gasteiger partial charge is 0.393 e. The second-order valence-corrected chi connectivity index (χ2v) is 1.10. The van der Waals surface area contributed by atoms with Crippen LogP contribution in [0.1, 0.15) is 0 Å². The molecule has 0 radical (unpaired) electrons. The van der Waals surface area contributed by atoms with E-state index in [1.807, 2.05) is 0 Å². The number of aliphatic hydroxyl groups is 1. The van der Waals surface area contributed by atoms with Gasteiger partial charge in [-0.3, -0.25) is 0 Å². The molecule has 0 aliphatic carbocycles. The third kappa shape index (κ3) is 5.06. The van der Waals surface area contributed by atoms with Crippen molar-refractivity contribution in [3.05, 3.63) is 12.3 Å². The van der Waals surface area contributed by atoms with Crippen molar-refractivity contribution < 1.29 is 5.11 Å². The molecule has 0 heterocycles. The van der Waals surface area contributed by atoms with Gasteiger partial charge >= 0.3 is 0 Å². The summed E-state index contributed by atoms with van der Waals surface area (Å²) in [5.41, 5.74) is 0. The standard InChI is InChI=1S/C6H9NO/c1-7-5-3-2-4-6-8/h3,5,7-8H,6H2,1H3/b5-3+. The van der Waals surface area contributed by atoms with Crippen LogP contribution >= 0.6 is 0 Å². The minimum atomic E-state index is -0.0753. The average Bonchev–Trinajstić information content (AvgIpc) is 1.81. The van der Waals surface area contributed by atoms with Crippen LogP contribution in [-0.2, 0) is 0 Å². The smallest absolute Gasteiger partial charge is 0.104 e. The Morgan fingerprint density at radius 2 is 2.50 bits per heavy atom. The Kier molecular flexibility index (Phi) is 5.35. The first kappa shape index (κ1) is 7.06. The first-order valence-electron chi connectivity index (χ1n) is 2.33. The van der Waals surface area contributed by atoms with E-state index >= 15 is 0 Å². The fourth-order valence-corrected chi connectivity index (χ4v) is 0.230. The number of hydrogen-bond donors (Lipinski definition) is 2. The van der Waals surface area contributed by atoms with Crippen LogP contribution in [0.5, 0.6) is 0 Å². The van der Waals surface area contributed by atoms with Crippen molar-refractivity contribution in [2.24, 2.45) is 0 Å². The number of nitrogens with one attached hydrogen (secondary N) is 1. The van der Waals surface area contributed by atoms with Crippen LogP contribution < -0.4 is 5.32 Å². The lowest BCUT2D eigenvalue weighted by molar-refractivity contribution is 0.350. The third-order valence-corrected chi connectivity index (χ3v) is 0.514. The van der Waals surface area contributed by atoms with Crippen LogP contribution in [0.15, 0.2) is 12.3 Å². The summed E-state index contributed by atoms with van der Waals surface area (Å²) in [6.45, 7) is -0.0753. The molecule has 0 aromatic carbocycles. The van der Waals surface area contributed by atoms with E-state index in [0.717, 1.165) is 0 Å². The Bertz CT molecular complexity index is 118. The van der Waals surface area contributed by atoms with E-state index in [0.29, 0.717) is 0 Å². The zero-order valence-corrected chi connectivity index (χ0v) is 4.81. The van der Waals surface area contributed by atoms with E-state index in [2.05, 4.69) is 17.2 Å². The van der Waals surface area contributed by atoms with Gasteiger partial charge in [-0.15, -0.1) is 0 Å². The summed E-state index contributed by atoms with van der Waals surface area (Å²) in [6, 6.07) is 0. The average molecular weight is 111 g/mol. The molecule has 0 aromatic heterocycles. The number of rotatable bonds is 1. The van der Waals surface area contributed by atoms with E-state index in [9.17, 15) is 0 Å². The molecule has 0 aliphatic rings. The Hall–Kier alpha value is -0.940. The van der Waals surface area contributed by atoms with Gasteiger partial charge in [0, 0.05) is 19.3 Å². The number of aliphatic hydroxyl groups excluding tert-OH is 1. The highest BCUT2D eigenvalue weighted by Crippen LogP contribution is 1.59. The highest BCUT2D eigenvalue weighted by atomic mass is 16.2. The van der Waals surface area contributed by atoms with E-state index in [1.165, 1.54) is 0 Å². The molecule has 0 bridgehead atoms. The van der Waals surface area contributed by atoms with Gasteiger partial charge in [0.15, 0.2) is 0 Å². The maximum Gasteiger partial charge on any atom is 0.104 e. The van der Waals surface area contributed by atoms with Crippen LogP contribution in [0.4, 0.5) is 0 Å². The van der Waals surface area contributed by atoms with Gasteiger partial charge in [0.2, 0.25) is 0 Å². The lowest BCUT2D eigenvalue weighted by Crippen LogP contribution is -1.89. The fraction of sp³-hybridized carbons (Fsp3) is 0.333. The summed E-state index contributed by atoms with van der Waals surface area (Å²) in [4.78, 5) is 0. The van der Waals surface area contributed by atoms with Gasteiger partial charge in [-0.1, -0.05) is 11.8 Å². The van der Waals surface area contributed by atoms with Crippen molar-refractivity contribution in [1.82, 2.24) is 5.32 Å². The molecule has 0 saturated heterocycles. The molecule has 0 fully saturated rings. The third-order valence-electron chi connectivity index (χ3n) is 0.514. The van der Waals surface area contributed by atoms with Gasteiger partial charge in [0.1, 0.15) is 6.61 Å². The van der Waals surface area contributed by atoms with Gasteiger partial charge in [-0.05, 0) is 0 Å². The summed E-state index contributed by atoms with van der Waals surface area (Å²) in [6.07, 6.45) is 3.33. The first-order chi connectivity index (χ1) is 3.91. The maximum atomic E-state index is 8.14. The predicted octanol–water partition coefficient (Wildman–Crippen LogP) is -0.285. The van der Waals surface area contributed by atoms with Crippen molar-refractivity contribution in [1.29, 1.82) is 0 Å².